The van der Waals surface area contributed by atoms with E-state index in [0.717, 1.165) is 17.1 Å². The third-order valence-corrected chi connectivity index (χ3v) is 4.52. The van der Waals surface area contributed by atoms with E-state index in [2.05, 4.69) is 40.7 Å². The molecule has 0 aliphatic carbocycles. The fourth-order valence-electron chi connectivity index (χ4n) is 1.15. The number of hydrogen-bond donors (Lipinski definition) is 1. The Labute approximate surface area is 106 Å². The number of aliphatic hydroxyl groups is 1. The Hall–Kier alpha value is -0.173. The minimum Gasteiger partial charge on any atom is -0.390 e. The minimum absolute atomic E-state index is 0.0531. The van der Waals surface area contributed by atoms with Gasteiger partial charge in [-0.3, -0.25) is 0 Å². The van der Waals surface area contributed by atoms with Crippen molar-refractivity contribution in [2.45, 2.75) is 39.0 Å². The van der Waals surface area contributed by atoms with E-state index in [1.54, 1.807) is 4.68 Å². The zero-order chi connectivity index (χ0) is 12.2. The van der Waals surface area contributed by atoms with Gasteiger partial charge in [-0.25, -0.2) is 4.68 Å². The van der Waals surface area contributed by atoms with Crippen LogP contribution >= 0.6 is 15.9 Å². The van der Waals surface area contributed by atoms with Gasteiger partial charge in [0.25, 0.3) is 0 Å². The first-order valence-corrected chi connectivity index (χ1v) is 9.83. The monoisotopic (exact) mass is 306 g/mol. The van der Waals surface area contributed by atoms with Crippen LogP contribution in [0.2, 0.25) is 25.7 Å². The van der Waals surface area contributed by atoms with E-state index in [4.69, 9.17) is 9.84 Å². The van der Waals surface area contributed by atoms with Crippen molar-refractivity contribution in [3.63, 3.8) is 0 Å². The molecular weight excluding hydrogens is 288 g/mol. The van der Waals surface area contributed by atoms with E-state index >= 15 is 0 Å². The second-order valence-electron chi connectivity index (χ2n) is 4.97. The van der Waals surface area contributed by atoms with Crippen molar-refractivity contribution in [1.29, 1.82) is 0 Å². The summed E-state index contributed by atoms with van der Waals surface area (Å²) in [5.74, 6) is 0. The molecule has 0 atom stereocenters. The highest BCUT2D eigenvalue weighted by Crippen LogP contribution is 2.14. The standard InChI is InChI=1S/C10H19BrN2O2Si/c1-16(2,3)5-4-15-8-13-6-9(11)10(7-14)12-13/h6,14H,4-5,7-8H2,1-3H3. The quantitative estimate of drug-likeness (QED) is 0.649. The van der Waals surface area contributed by atoms with Crippen LogP contribution in [0.1, 0.15) is 5.69 Å². The molecule has 0 aliphatic rings. The number of aliphatic hydroxyl groups excluding tert-OH is 1. The largest absolute Gasteiger partial charge is 0.390 e. The zero-order valence-electron chi connectivity index (χ0n) is 10.0. The highest BCUT2D eigenvalue weighted by Gasteiger charge is 2.12. The van der Waals surface area contributed by atoms with Crippen molar-refractivity contribution in [2.24, 2.45) is 0 Å². The maximum absolute atomic E-state index is 8.97. The second-order valence-corrected chi connectivity index (χ2v) is 11.4. The summed E-state index contributed by atoms with van der Waals surface area (Å²) in [7, 11) is -1.01. The molecule has 0 amide bonds. The Morgan fingerprint density at radius 1 is 1.50 bits per heavy atom. The first-order chi connectivity index (χ1) is 7.42. The van der Waals surface area contributed by atoms with Crippen molar-refractivity contribution in [3.8, 4) is 0 Å². The average Bonchev–Trinajstić information content (AvgIpc) is 2.52. The summed E-state index contributed by atoms with van der Waals surface area (Å²) in [5.41, 5.74) is 0.647. The van der Waals surface area contributed by atoms with E-state index in [1.165, 1.54) is 0 Å². The van der Waals surface area contributed by atoms with Gasteiger partial charge in [0.15, 0.2) is 0 Å². The third-order valence-electron chi connectivity index (χ3n) is 2.16. The summed E-state index contributed by atoms with van der Waals surface area (Å²) < 4.78 is 8.06. The molecule has 0 radical (unpaired) electrons. The molecular formula is C10H19BrN2O2Si. The number of halogens is 1. The topological polar surface area (TPSA) is 47.3 Å². The van der Waals surface area contributed by atoms with Crippen molar-refractivity contribution < 1.29 is 9.84 Å². The molecule has 0 aromatic carbocycles. The van der Waals surface area contributed by atoms with Crippen LogP contribution in [0.5, 0.6) is 0 Å². The summed E-state index contributed by atoms with van der Waals surface area (Å²) in [5, 5.41) is 13.1. The van der Waals surface area contributed by atoms with Gasteiger partial charge in [0.05, 0.1) is 11.1 Å². The van der Waals surface area contributed by atoms with Crippen LogP contribution in [-0.4, -0.2) is 29.6 Å². The van der Waals surface area contributed by atoms with E-state index in [-0.39, 0.29) is 6.61 Å². The molecule has 0 unspecified atom stereocenters. The van der Waals surface area contributed by atoms with Crippen LogP contribution in [0.15, 0.2) is 10.7 Å². The van der Waals surface area contributed by atoms with E-state index in [9.17, 15) is 0 Å². The molecule has 0 fully saturated rings. The predicted octanol–water partition coefficient (Wildman–Crippen LogP) is 2.45. The molecule has 6 heteroatoms. The normalized spacial score (nSPS) is 12.1. The predicted molar refractivity (Wildman–Crippen MR) is 70.0 cm³/mol. The van der Waals surface area contributed by atoms with Crippen molar-refractivity contribution in [1.82, 2.24) is 9.78 Å². The van der Waals surface area contributed by atoms with Crippen LogP contribution in [0.25, 0.3) is 0 Å². The van der Waals surface area contributed by atoms with Gasteiger partial charge >= 0.3 is 0 Å². The van der Waals surface area contributed by atoms with Gasteiger partial charge in [-0.15, -0.1) is 0 Å². The fraction of sp³-hybridized carbons (Fsp3) is 0.700. The van der Waals surface area contributed by atoms with Gasteiger partial charge in [-0.05, 0) is 22.0 Å². The summed E-state index contributed by atoms with van der Waals surface area (Å²) in [6.07, 6.45) is 1.82. The van der Waals surface area contributed by atoms with Gasteiger partial charge in [0.2, 0.25) is 0 Å². The lowest BCUT2D eigenvalue weighted by Crippen LogP contribution is -2.22. The summed E-state index contributed by atoms with van der Waals surface area (Å²) in [6, 6.07) is 1.16. The molecule has 0 spiro atoms. The number of rotatable bonds is 6. The molecule has 0 aliphatic heterocycles. The Bertz CT molecular complexity index is 336. The van der Waals surface area contributed by atoms with Gasteiger partial charge in [0.1, 0.15) is 12.4 Å². The fourth-order valence-corrected chi connectivity index (χ4v) is 2.34. The lowest BCUT2D eigenvalue weighted by molar-refractivity contribution is 0.0778. The molecule has 1 aromatic heterocycles. The SMILES string of the molecule is C[Si](C)(C)CCOCn1cc(Br)c(CO)n1. The Balaban J connectivity index is 2.32. The first kappa shape index (κ1) is 13.9. The second kappa shape index (κ2) is 5.95. The van der Waals surface area contributed by atoms with Crippen molar-refractivity contribution in [2.75, 3.05) is 6.61 Å². The molecule has 0 saturated carbocycles. The lowest BCUT2D eigenvalue weighted by Gasteiger charge is -2.15. The Kier molecular flexibility index (Phi) is 5.17. The van der Waals surface area contributed by atoms with Crippen molar-refractivity contribution >= 4 is 24.0 Å². The molecule has 4 nitrogen and oxygen atoms in total. The number of nitrogens with zero attached hydrogens (tertiary/aromatic N) is 2. The molecule has 0 bridgehead atoms. The first-order valence-electron chi connectivity index (χ1n) is 5.33. The molecule has 0 saturated heterocycles. The van der Waals surface area contributed by atoms with Crippen LogP contribution < -0.4 is 0 Å². The molecule has 1 heterocycles. The zero-order valence-corrected chi connectivity index (χ0v) is 12.6. The molecule has 1 aromatic rings. The summed E-state index contributed by atoms with van der Waals surface area (Å²) in [6.45, 7) is 8.15. The van der Waals surface area contributed by atoms with Gasteiger partial charge in [-0.1, -0.05) is 19.6 Å². The van der Waals surface area contributed by atoms with E-state index < -0.39 is 8.07 Å². The van der Waals surface area contributed by atoms with Crippen LogP contribution in [0, 0.1) is 0 Å². The third kappa shape index (κ3) is 4.78. The van der Waals surface area contributed by atoms with Crippen LogP contribution in [0.3, 0.4) is 0 Å². The van der Waals surface area contributed by atoms with Crippen LogP contribution in [0.4, 0.5) is 0 Å². The molecule has 92 valence electrons. The minimum atomic E-state index is -1.01. The summed E-state index contributed by atoms with van der Waals surface area (Å²) in [4.78, 5) is 0. The smallest absolute Gasteiger partial charge is 0.139 e. The number of aromatic nitrogens is 2. The highest BCUT2D eigenvalue weighted by atomic mass is 79.9. The number of ether oxygens (including phenoxy) is 1. The van der Waals surface area contributed by atoms with Crippen LogP contribution in [-0.2, 0) is 18.1 Å². The van der Waals surface area contributed by atoms with Crippen molar-refractivity contribution in [3.05, 3.63) is 16.4 Å². The molecule has 1 N–H and O–H groups in total. The van der Waals surface area contributed by atoms with Gasteiger partial charge < -0.3 is 9.84 Å². The Morgan fingerprint density at radius 3 is 2.69 bits per heavy atom. The Morgan fingerprint density at radius 2 is 2.19 bits per heavy atom. The highest BCUT2D eigenvalue weighted by molar-refractivity contribution is 9.10. The lowest BCUT2D eigenvalue weighted by atomic mass is 10.5. The number of hydrogen-bond acceptors (Lipinski definition) is 3. The maximum Gasteiger partial charge on any atom is 0.139 e. The molecule has 16 heavy (non-hydrogen) atoms. The maximum atomic E-state index is 8.97. The van der Waals surface area contributed by atoms with E-state index in [1.807, 2.05) is 6.20 Å². The molecule has 1 rings (SSSR count). The van der Waals surface area contributed by atoms with Gasteiger partial charge in [-0.2, -0.15) is 5.10 Å². The summed E-state index contributed by atoms with van der Waals surface area (Å²) >= 11 is 3.33. The average molecular weight is 307 g/mol. The van der Waals surface area contributed by atoms with E-state index in [0.29, 0.717) is 12.4 Å². The van der Waals surface area contributed by atoms with Gasteiger partial charge in [0, 0.05) is 20.9 Å².